The first-order chi connectivity index (χ1) is 18.8. The van der Waals surface area contributed by atoms with Crippen LogP contribution in [0.4, 0.5) is 13.2 Å². The number of quaternary nitrogens is 1. The topological polar surface area (TPSA) is 92.7 Å². The molecule has 4 aromatic rings. The van der Waals surface area contributed by atoms with E-state index >= 15 is 0 Å². The standard InChI is InChI=1S/C29H27F3N6O2/c1-19-24(26-12-13-35-37(26)22-10-8-20(18-33)9-11-22)17-25(27(39)34-14-15-38(2,3)4)28(40)36(19)23-7-5-6-21(16-23)29(30,31)32/h5-13,16-17H,14-15H2,1-4H3/p+1. The van der Waals surface area contributed by atoms with Gasteiger partial charge in [-0.3, -0.25) is 14.2 Å². The highest BCUT2D eigenvalue weighted by Gasteiger charge is 2.31. The van der Waals surface area contributed by atoms with Crippen LogP contribution in [-0.4, -0.2) is 59.0 Å². The number of likely N-dealkylation sites (N-methyl/N-ethyl adjacent to an activating group) is 1. The van der Waals surface area contributed by atoms with Crippen molar-refractivity contribution < 1.29 is 22.4 Å². The van der Waals surface area contributed by atoms with Gasteiger partial charge >= 0.3 is 6.18 Å². The van der Waals surface area contributed by atoms with Gasteiger partial charge in [0.2, 0.25) is 0 Å². The lowest BCUT2D eigenvalue weighted by Crippen LogP contribution is -2.43. The summed E-state index contributed by atoms with van der Waals surface area (Å²) in [4.78, 5) is 26.9. The van der Waals surface area contributed by atoms with Crippen LogP contribution in [-0.2, 0) is 6.18 Å². The maximum atomic E-state index is 13.7. The van der Waals surface area contributed by atoms with Crippen molar-refractivity contribution >= 4 is 5.91 Å². The molecule has 0 aliphatic heterocycles. The number of nitrogens with one attached hydrogen (secondary N) is 1. The molecule has 0 spiro atoms. The molecule has 2 aromatic carbocycles. The van der Waals surface area contributed by atoms with E-state index in [1.807, 2.05) is 21.1 Å². The normalized spacial score (nSPS) is 11.8. The fourth-order valence-corrected chi connectivity index (χ4v) is 4.25. The Labute approximate surface area is 229 Å². The zero-order chi connectivity index (χ0) is 29.2. The van der Waals surface area contributed by atoms with Gasteiger partial charge in [0.25, 0.3) is 11.5 Å². The van der Waals surface area contributed by atoms with Crippen LogP contribution < -0.4 is 10.9 Å². The Hall–Kier alpha value is -4.69. The van der Waals surface area contributed by atoms with E-state index < -0.39 is 23.2 Å². The number of rotatable bonds is 7. The molecule has 0 radical (unpaired) electrons. The zero-order valence-corrected chi connectivity index (χ0v) is 22.5. The molecular formula is C29H28F3N6O2+. The van der Waals surface area contributed by atoms with E-state index in [2.05, 4.69) is 16.5 Å². The number of nitrogens with zero attached hydrogens (tertiary/aromatic N) is 5. The summed E-state index contributed by atoms with van der Waals surface area (Å²) in [6.07, 6.45) is -3.08. The second-order valence-corrected chi connectivity index (χ2v) is 10.3. The van der Waals surface area contributed by atoms with Crippen molar-refractivity contribution in [1.29, 1.82) is 5.26 Å². The largest absolute Gasteiger partial charge is 0.416 e. The first-order valence-corrected chi connectivity index (χ1v) is 12.4. The van der Waals surface area contributed by atoms with E-state index in [4.69, 9.17) is 5.26 Å². The Morgan fingerprint density at radius 3 is 2.38 bits per heavy atom. The van der Waals surface area contributed by atoms with Crippen molar-refractivity contribution in [2.24, 2.45) is 0 Å². The highest BCUT2D eigenvalue weighted by molar-refractivity contribution is 5.95. The Morgan fingerprint density at radius 2 is 1.75 bits per heavy atom. The minimum absolute atomic E-state index is 0.0241. The lowest BCUT2D eigenvalue weighted by Gasteiger charge is -2.24. The molecule has 206 valence electrons. The van der Waals surface area contributed by atoms with E-state index in [0.29, 0.717) is 39.2 Å². The fourth-order valence-electron chi connectivity index (χ4n) is 4.25. The van der Waals surface area contributed by atoms with Crippen LogP contribution in [0.3, 0.4) is 0 Å². The molecule has 1 amide bonds. The van der Waals surface area contributed by atoms with Gasteiger partial charge in [0.05, 0.1) is 69.0 Å². The van der Waals surface area contributed by atoms with Gasteiger partial charge in [-0.15, -0.1) is 0 Å². The number of amides is 1. The molecule has 2 heterocycles. The molecule has 0 fully saturated rings. The summed E-state index contributed by atoms with van der Waals surface area (Å²) >= 11 is 0. The molecular weight excluding hydrogens is 521 g/mol. The number of pyridine rings is 1. The van der Waals surface area contributed by atoms with Crippen molar-refractivity contribution in [3.8, 4) is 28.7 Å². The molecule has 0 atom stereocenters. The maximum Gasteiger partial charge on any atom is 0.416 e. The summed E-state index contributed by atoms with van der Waals surface area (Å²) in [7, 11) is 5.88. The van der Waals surface area contributed by atoms with Crippen LogP contribution in [0.25, 0.3) is 22.6 Å². The average Bonchev–Trinajstić information content (AvgIpc) is 3.37. The number of halogens is 3. The van der Waals surface area contributed by atoms with Gasteiger partial charge in [-0.25, -0.2) is 4.68 Å². The number of carbonyl (C=O) groups is 1. The van der Waals surface area contributed by atoms with E-state index in [1.54, 1.807) is 41.9 Å². The SMILES string of the molecule is Cc1c(-c2ccnn2-c2ccc(C#N)cc2)cc(C(=O)NCC[N+](C)(C)C)c(=O)n1-c1cccc(C(F)(F)F)c1. The van der Waals surface area contributed by atoms with Crippen LogP contribution in [0.2, 0.25) is 0 Å². The molecule has 2 aromatic heterocycles. The highest BCUT2D eigenvalue weighted by Crippen LogP contribution is 2.32. The summed E-state index contributed by atoms with van der Waals surface area (Å²) < 4.78 is 43.9. The summed E-state index contributed by atoms with van der Waals surface area (Å²) in [5, 5.41) is 16.3. The molecule has 0 saturated carbocycles. The van der Waals surface area contributed by atoms with Crippen LogP contribution >= 0.6 is 0 Å². The van der Waals surface area contributed by atoms with Gasteiger partial charge in [-0.05, 0) is 61.5 Å². The van der Waals surface area contributed by atoms with Gasteiger partial charge in [0, 0.05) is 16.9 Å². The molecule has 0 bridgehead atoms. The third kappa shape index (κ3) is 5.97. The zero-order valence-electron chi connectivity index (χ0n) is 22.5. The molecule has 4 rings (SSSR count). The van der Waals surface area contributed by atoms with E-state index in [1.165, 1.54) is 24.4 Å². The second-order valence-electron chi connectivity index (χ2n) is 10.3. The molecule has 0 unspecified atom stereocenters. The number of benzene rings is 2. The van der Waals surface area contributed by atoms with Gasteiger partial charge in [0.15, 0.2) is 0 Å². The minimum atomic E-state index is -4.62. The number of aromatic nitrogens is 3. The number of alkyl halides is 3. The number of nitriles is 1. The van der Waals surface area contributed by atoms with E-state index in [-0.39, 0.29) is 17.8 Å². The molecule has 0 saturated heterocycles. The first kappa shape index (κ1) is 28.3. The quantitative estimate of drug-likeness (QED) is 0.348. The summed E-state index contributed by atoms with van der Waals surface area (Å²) in [6, 6.07) is 16.3. The summed E-state index contributed by atoms with van der Waals surface area (Å²) in [5.74, 6) is -0.634. The van der Waals surface area contributed by atoms with E-state index in [0.717, 1.165) is 16.7 Å². The van der Waals surface area contributed by atoms with Gasteiger partial charge in [0.1, 0.15) is 5.56 Å². The van der Waals surface area contributed by atoms with E-state index in [9.17, 15) is 22.8 Å². The molecule has 11 heteroatoms. The molecule has 0 aliphatic carbocycles. The molecule has 0 aliphatic rings. The van der Waals surface area contributed by atoms with Crippen molar-refractivity contribution in [3.63, 3.8) is 0 Å². The van der Waals surface area contributed by atoms with Crippen LogP contribution in [0, 0.1) is 18.3 Å². The smallest absolute Gasteiger partial charge is 0.346 e. The third-order valence-electron chi connectivity index (χ3n) is 6.35. The monoisotopic (exact) mass is 549 g/mol. The Morgan fingerprint density at radius 1 is 1.05 bits per heavy atom. The minimum Gasteiger partial charge on any atom is -0.346 e. The molecule has 40 heavy (non-hydrogen) atoms. The van der Waals surface area contributed by atoms with Crippen molar-refractivity contribution in [2.75, 3.05) is 34.2 Å². The lowest BCUT2D eigenvalue weighted by molar-refractivity contribution is -0.869. The molecule has 1 N–H and O–H groups in total. The average molecular weight is 550 g/mol. The third-order valence-corrected chi connectivity index (χ3v) is 6.35. The van der Waals surface area contributed by atoms with Gasteiger partial charge in [-0.1, -0.05) is 6.07 Å². The van der Waals surface area contributed by atoms with Crippen LogP contribution in [0.1, 0.15) is 27.2 Å². The van der Waals surface area contributed by atoms with Crippen LogP contribution in [0.5, 0.6) is 0 Å². The Balaban J connectivity index is 1.92. The Kier molecular flexibility index (Phi) is 7.66. The molecule has 8 nitrogen and oxygen atoms in total. The number of carbonyl (C=O) groups excluding carboxylic acids is 1. The summed E-state index contributed by atoms with van der Waals surface area (Å²) in [6.45, 7) is 2.49. The Bertz CT molecular complexity index is 1660. The second kappa shape index (κ2) is 10.8. The van der Waals surface area contributed by atoms with Crippen molar-refractivity contribution in [1.82, 2.24) is 19.7 Å². The predicted molar refractivity (Wildman–Crippen MR) is 144 cm³/mol. The van der Waals surface area contributed by atoms with Gasteiger partial charge in [-0.2, -0.15) is 23.5 Å². The highest BCUT2D eigenvalue weighted by atomic mass is 19.4. The maximum absolute atomic E-state index is 13.7. The van der Waals surface area contributed by atoms with Crippen LogP contribution in [0.15, 0.2) is 71.7 Å². The van der Waals surface area contributed by atoms with Crippen molar-refractivity contribution in [3.05, 3.63) is 99.6 Å². The van der Waals surface area contributed by atoms with Crippen molar-refractivity contribution in [2.45, 2.75) is 13.1 Å². The lowest BCUT2D eigenvalue weighted by atomic mass is 10.0. The predicted octanol–water partition coefficient (Wildman–Crippen LogP) is 4.33. The van der Waals surface area contributed by atoms with Gasteiger partial charge < -0.3 is 9.80 Å². The fraction of sp³-hybridized carbons (Fsp3) is 0.241. The summed E-state index contributed by atoms with van der Waals surface area (Å²) in [5.41, 5.74) is 0.424. The first-order valence-electron chi connectivity index (χ1n) is 12.4. The number of hydrogen-bond donors (Lipinski definition) is 1. The number of hydrogen-bond acceptors (Lipinski definition) is 4.